The SMILES string of the molecule is CN[C@@H](Cc1ccc(O)c(O)c1)C(=O)O.S=c1nc[nH]c2nc[nH]c12. The second-order valence-electron chi connectivity index (χ2n) is 5.04. The summed E-state index contributed by atoms with van der Waals surface area (Å²) in [5, 5.41) is 29.7. The molecule has 1 aromatic carbocycles. The van der Waals surface area contributed by atoms with Crippen LogP contribution in [0.2, 0.25) is 0 Å². The third kappa shape index (κ3) is 4.75. The molecule has 3 aromatic rings. The highest BCUT2D eigenvalue weighted by Gasteiger charge is 2.15. The zero-order chi connectivity index (χ0) is 18.4. The minimum Gasteiger partial charge on any atom is -0.504 e. The summed E-state index contributed by atoms with van der Waals surface area (Å²) in [6, 6.07) is 3.55. The molecule has 0 fully saturated rings. The van der Waals surface area contributed by atoms with Crippen molar-refractivity contribution < 1.29 is 20.1 Å². The molecule has 0 aliphatic heterocycles. The molecule has 25 heavy (non-hydrogen) atoms. The Morgan fingerprint density at radius 1 is 1.24 bits per heavy atom. The van der Waals surface area contributed by atoms with Crippen LogP contribution in [0.15, 0.2) is 30.9 Å². The molecular weight excluding hydrogens is 346 g/mol. The van der Waals surface area contributed by atoms with E-state index in [2.05, 4.69) is 25.3 Å². The van der Waals surface area contributed by atoms with Gasteiger partial charge in [0, 0.05) is 0 Å². The Kier molecular flexibility index (Phi) is 6.03. The molecule has 0 spiro atoms. The van der Waals surface area contributed by atoms with Gasteiger partial charge in [-0.1, -0.05) is 18.3 Å². The summed E-state index contributed by atoms with van der Waals surface area (Å²) in [5.74, 6) is -1.41. The average Bonchev–Trinajstić information content (AvgIpc) is 3.06. The number of nitrogens with one attached hydrogen (secondary N) is 3. The number of fused-ring (bicyclic) bond motifs is 1. The Labute approximate surface area is 147 Å². The van der Waals surface area contributed by atoms with Gasteiger partial charge in [-0.2, -0.15) is 0 Å². The number of hydrogen-bond donors (Lipinski definition) is 6. The first-order valence-corrected chi connectivity index (χ1v) is 7.61. The number of likely N-dealkylation sites (N-methyl/N-ethyl adjacent to an activating group) is 1. The third-order valence-electron chi connectivity index (χ3n) is 3.36. The van der Waals surface area contributed by atoms with Gasteiger partial charge in [0.1, 0.15) is 11.6 Å². The number of phenols is 2. The number of carbonyl (C=O) groups is 1. The van der Waals surface area contributed by atoms with Crippen molar-refractivity contribution in [1.29, 1.82) is 0 Å². The monoisotopic (exact) mass is 363 g/mol. The number of carboxylic acid groups (broad SMARTS) is 1. The minimum absolute atomic E-state index is 0.213. The molecule has 9 nitrogen and oxygen atoms in total. The number of H-pyrrole nitrogens is 2. The Bertz CT molecular complexity index is 923. The van der Waals surface area contributed by atoms with E-state index >= 15 is 0 Å². The van der Waals surface area contributed by atoms with Crippen molar-refractivity contribution >= 4 is 29.4 Å². The van der Waals surface area contributed by atoms with Crippen LogP contribution in [0.4, 0.5) is 0 Å². The van der Waals surface area contributed by atoms with Crippen LogP contribution >= 0.6 is 12.2 Å². The van der Waals surface area contributed by atoms with E-state index in [4.69, 9.17) is 22.4 Å². The number of rotatable bonds is 4. The summed E-state index contributed by atoms with van der Waals surface area (Å²) in [7, 11) is 1.55. The van der Waals surface area contributed by atoms with Crippen LogP contribution in [0.5, 0.6) is 11.5 Å². The first kappa shape index (κ1) is 18.4. The van der Waals surface area contributed by atoms with Gasteiger partial charge in [0.2, 0.25) is 0 Å². The number of nitrogens with zero attached hydrogens (tertiary/aromatic N) is 2. The smallest absolute Gasteiger partial charge is 0.321 e. The lowest BCUT2D eigenvalue weighted by molar-refractivity contribution is -0.139. The minimum atomic E-state index is -0.954. The highest BCUT2D eigenvalue weighted by atomic mass is 32.1. The van der Waals surface area contributed by atoms with Crippen molar-refractivity contribution in [1.82, 2.24) is 25.3 Å². The molecule has 0 radical (unpaired) electrons. The maximum atomic E-state index is 10.7. The fourth-order valence-electron chi connectivity index (χ4n) is 2.03. The van der Waals surface area contributed by atoms with Gasteiger partial charge >= 0.3 is 5.97 Å². The maximum absolute atomic E-state index is 10.7. The Morgan fingerprint density at radius 2 is 1.96 bits per heavy atom. The molecule has 132 valence electrons. The second kappa shape index (κ2) is 8.22. The summed E-state index contributed by atoms with van der Waals surface area (Å²) >= 11 is 4.91. The molecule has 6 N–H and O–H groups in total. The quantitative estimate of drug-likeness (QED) is 0.300. The van der Waals surface area contributed by atoms with E-state index in [0.717, 1.165) is 11.2 Å². The predicted molar refractivity (Wildman–Crippen MR) is 93.0 cm³/mol. The fourth-order valence-corrected chi connectivity index (χ4v) is 2.24. The number of imidazole rings is 1. The topological polar surface area (TPSA) is 147 Å². The standard InChI is InChI=1S/C10H13NO4.C5H4N4S/c1-11-7(10(14)15)4-6-2-3-8(12)9(13)5-6;10-5-3-4(7-1-6-3)8-2-9-5/h2-3,5,7,11-13H,4H2,1H3,(H,14,15);1-2H,(H2,6,7,8,9,10)/t7-;/m0./s1. The van der Waals surface area contributed by atoms with Crippen molar-refractivity contribution in [2.75, 3.05) is 7.05 Å². The number of aromatic hydroxyl groups is 2. The predicted octanol–water partition coefficient (Wildman–Crippen LogP) is 1.33. The van der Waals surface area contributed by atoms with E-state index in [9.17, 15) is 9.90 Å². The molecule has 1 atom stereocenters. The van der Waals surface area contributed by atoms with Crippen LogP contribution in [-0.2, 0) is 11.2 Å². The largest absolute Gasteiger partial charge is 0.504 e. The van der Waals surface area contributed by atoms with Gasteiger partial charge in [-0.05, 0) is 31.2 Å². The van der Waals surface area contributed by atoms with Gasteiger partial charge in [-0.25, -0.2) is 9.97 Å². The summed E-state index contributed by atoms with van der Waals surface area (Å²) in [6.07, 6.45) is 3.36. The van der Waals surface area contributed by atoms with Crippen molar-refractivity contribution in [3.8, 4) is 11.5 Å². The fraction of sp³-hybridized carbons (Fsp3) is 0.200. The Balaban J connectivity index is 0.000000194. The number of carboxylic acids is 1. The first-order chi connectivity index (χ1) is 11.9. The molecule has 3 rings (SSSR count). The summed E-state index contributed by atoms with van der Waals surface area (Å²) < 4.78 is 0.547. The molecule has 0 saturated carbocycles. The normalized spacial score (nSPS) is 11.6. The molecule has 0 amide bonds. The third-order valence-corrected chi connectivity index (χ3v) is 3.67. The van der Waals surface area contributed by atoms with Crippen LogP contribution in [0.25, 0.3) is 11.2 Å². The highest BCUT2D eigenvalue weighted by molar-refractivity contribution is 7.71. The molecule has 0 aliphatic carbocycles. The van der Waals surface area contributed by atoms with E-state index in [0.29, 0.717) is 10.2 Å². The number of aromatic nitrogens is 4. The van der Waals surface area contributed by atoms with E-state index < -0.39 is 12.0 Å². The van der Waals surface area contributed by atoms with Crippen molar-refractivity contribution in [2.24, 2.45) is 0 Å². The Morgan fingerprint density at radius 3 is 2.56 bits per heavy atom. The Hall–Kier alpha value is -2.98. The zero-order valence-electron chi connectivity index (χ0n) is 13.2. The average molecular weight is 363 g/mol. The van der Waals surface area contributed by atoms with E-state index in [-0.39, 0.29) is 17.9 Å². The van der Waals surface area contributed by atoms with Gasteiger partial charge in [-0.15, -0.1) is 0 Å². The van der Waals surface area contributed by atoms with Crippen LogP contribution in [0, 0.1) is 4.64 Å². The highest BCUT2D eigenvalue weighted by Crippen LogP contribution is 2.25. The molecular formula is C15H17N5O4S. The van der Waals surface area contributed by atoms with E-state index in [1.807, 2.05) is 0 Å². The second-order valence-corrected chi connectivity index (χ2v) is 5.43. The molecule has 2 heterocycles. The van der Waals surface area contributed by atoms with E-state index in [1.54, 1.807) is 19.4 Å². The lowest BCUT2D eigenvalue weighted by atomic mass is 10.1. The lowest BCUT2D eigenvalue weighted by Crippen LogP contribution is -2.35. The molecule has 0 aliphatic rings. The van der Waals surface area contributed by atoms with Crippen molar-refractivity contribution in [3.05, 3.63) is 41.1 Å². The van der Waals surface area contributed by atoms with Gasteiger partial charge in [-0.3, -0.25) is 4.79 Å². The van der Waals surface area contributed by atoms with Crippen molar-refractivity contribution in [3.63, 3.8) is 0 Å². The molecule has 10 heteroatoms. The first-order valence-electron chi connectivity index (χ1n) is 7.20. The summed E-state index contributed by atoms with van der Waals surface area (Å²) in [5.41, 5.74) is 2.18. The van der Waals surface area contributed by atoms with Gasteiger partial charge in [0.05, 0.1) is 12.7 Å². The van der Waals surface area contributed by atoms with Crippen LogP contribution in [0.1, 0.15) is 5.56 Å². The molecule has 0 bridgehead atoms. The molecule has 0 unspecified atom stereocenters. The van der Waals surface area contributed by atoms with Crippen LogP contribution in [-0.4, -0.2) is 54.3 Å². The van der Waals surface area contributed by atoms with Crippen LogP contribution in [0.3, 0.4) is 0 Å². The summed E-state index contributed by atoms with van der Waals surface area (Å²) in [6.45, 7) is 0. The van der Waals surface area contributed by atoms with Gasteiger partial charge < -0.3 is 30.6 Å². The van der Waals surface area contributed by atoms with Gasteiger partial charge in [0.15, 0.2) is 21.8 Å². The van der Waals surface area contributed by atoms with E-state index in [1.165, 1.54) is 18.5 Å². The lowest BCUT2D eigenvalue weighted by Gasteiger charge is -2.11. The number of aromatic amines is 2. The number of hydrogen-bond acceptors (Lipinski definition) is 7. The number of aliphatic carboxylic acids is 1. The summed E-state index contributed by atoms with van der Waals surface area (Å²) in [4.78, 5) is 24.3. The molecule has 0 saturated heterocycles. The maximum Gasteiger partial charge on any atom is 0.321 e. The van der Waals surface area contributed by atoms with Gasteiger partial charge in [0.25, 0.3) is 0 Å². The number of phenolic OH excluding ortho intramolecular Hbond substituents is 2. The zero-order valence-corrected chi connectivity index (χ0v) is 14.0. The van der Waals surface area contributed by atoms with Crippen molar-refractivity contribution in [2.45, 2.75) is 12.5 Å². The van der Waals surface area contributed by atoms with Crippen LogP contribution < -0.4 is 5.32 Å². The molecule has 2 aromatic heterocycles. The number of benzene rings is 1.